The van der Waals surface area contributed by atoms with Gasteiger partial charge in [0, 0.05) is 18.6 Å². The van der Waals surface area contributed by atoms with Gasteiger partial charge in [0.1, 0.15) is 5.75 Å². The van der Waals surface area contributed by atoms with Crippen LogP contribution < -0.4 is 4.74 Å². The van der Waals surface area contributed by atoms with Gasteiger partial charge in [-0.05, 0) is 37.5 Å². The number of hydrogen-bond donors (Lipinski definition) is 0. The molecule has 1 unspecified atom stereocenters. The molecular weight excluding hydrogens is 252 g/mol. The van der Waals surface area contributed by atoms with Crippen molar-refractivity contribution < 1.29 is 14.3 Å². The molecule has 98 valence electrons. The molecule has 3 nitrogen and oxygen atoms in total. The zero-order valence-electron chi connectivity index (χ0n) is 10.4. The number of halogens is 1. The van der Waals surface area contributed by atoms with E-state index in [9.17, 15) is 4.79 Å². The van der Waals surface area contributed by atoms with E-state index in [4.69, 9.17) is 21.1 Å². The Hall–Kier alpha value is -1.06. The molecule has 1 aliphatic rings. The van der Waals surface area contributed by atoms with Crippen LogP contribution >= 0.6 is 11.6 Å². The molecule has 2 rings (SSSR count). The molecule has 1 atom stereocenters. The normalized spacial score (nSPS) is 18.9. The van der Waals surface area contributed by atoms with Crippen LogP contribution in [0, 0.1) is 0 Å². The van der Waals surface area contributed by atoms with Gasteiger partial charge in [0.15, 0.2) is 5.78 Å². The third kappa shape index (κ3) is 3.24. The molecule has 4 heteroatoms. The molecule has 1 saturated heterocycles. The van der Waals surface area contributed by atoms with Crippen molar-refractivity contribution in [1.82, 2.24) is 0 Å². The number of carbonyl (C=O) groups excluding carboxylic acids is 1. The average molecular weight is 269 g/mol. The Labute approximate surface area is 112 Å². The molecule has 1 fully saturated rings. The number of carbonyl (C=O) groups is 1. The molecule has 0 saturated carbocycles. The number of methoxy groups -OCH3 is 1. The van der Waals surface area contributed by atoms with Crippen molar-refractivity contribution in [3.05, 3.63) is 28.8 Å². The van der Waals surface area contributed by atoms with Crippen LogP contribution in [0.4, 0.5) is 0 Å². The Morgan fingerprint density at radius 1 is 1.56 bits per heavy atom. The van der Waals surface area contributed by atoms with Crippen LogP contribution in [0.1, 0.15) is 36.0 Å². The number of benzene rings is 1. The first-order chi connectivity index (χ1) is 8.70. The minimum absolute atomic E-state index is 0.112. The van der Waals surface area contributed by atoms with Crippen LogP contribution in [0.25, 0.3) is 0 Å². The van der Waals surface area contributed by atoms with Crippen LogP contribution in [-0.2, 0) is 4.74 Å². The van der Waals surface area contributed by atoms with Crippen LogP contribution in [0.2, 0.25) is 5.02 Å². The lowest BCUT2D eigenvalue weighted by Crippen LogP contribution is -2.09. The molecule has 18 heavy (non-hydrogen) atoms. The number of hydrogen-bond acceptors (Lipinski definition) is 3. The second-order valence-electron chi connectivity index (χ2n) is 4.45. The highest BCUT2D eigenvalue weighted by atomic mass is 35.5. The Kier molecular flexibility index (Phi) is 4.61. The Morgan fingerprint density at radius 3 is 3.06 bits per heavy atom. The molecule has 0 aromatic heterocycles. The molecule has 0 spiro atoms. The number of Topliss-reactive ketones (excluding diaryl/α,β-unsaturated/α-hetero) is 1. The van der Waals surface area contributed by atoms with Crippen molar-refractivity contribution in [3.63, 3.8) is 0 Å². The highest BCUT2D eigenvalue weighted by Gasteiger charge is 2.17. The Balaban J connectivity index is 1.95. The fourth-order valence-corrected chi connectivity index (χ4v) is 2.34. The SMILES string of the molecule is COc1cc(C(=O)CCC2CCCO2)ccc1Cl. The van der Waals surface area contributed by atoms with E-state index < -0.39 is 0 Å². The van der Waals surface area contributed by atoms with E-state index in [0.717, 1.165) is 25.9 Å². The molecule has 0 N–H and O–H groups in total. The maximum absolute atomic E-state index is 12.0. The van der Waals surface area contributed by atoms with Gasteiger partial charge in [0.25, 0.3) is 0 Å². The van der Waals surface area contributed by atoms with Gasteiger partial charge in [-0.3, -0.25) is 4.79 Å². The zero-order valence-corrected chi connectivity index (χ0v) is 11.2. The van der Waals surface area contributed by atoms with E-state index in [1.807, 2.05) is 0 Å². The van der Waals surface area contributed by atoms with Gasteiger partial charge in [0.2, 0.25) is 0 Å². The summed E-state index contributed by atoms with van der Waals surface area (Å²) in [5, 5.41) is 0.521. The summed E-state index contributed by atoms with van der Waals surface area (Å²) in [5.74, 6) is 0.653. The summed E-state index contributed by atoms with van der Waals surface area (Å²) in [4.78, 5) is 12.0. The molecule has 0 radical (unpaired) electrons. The fraction of sp³-hybridized carbons (Fsp3) is 0.500. The van der Waals surface area contributed by atoms with E-state index in [-0.39, 0.29) is 11.9 Å². The summed E-state index contributed by atoms with van der Waals surface area (Å²) in [6.07, 6.45) is 3.73. The lowest BCUT2D eigenvalue weighted by Gasteiger charge is -2.09. The van der Waals surface area contributed by atoms with Gasteiger partial charge in [-0.2, -0.15) is 0 Å². The lowest BCUT2D eigenvalue weighted by molar-refractivity contribution is 0.0859. The van der Waals surface area contributed by atoms with Gasteiger partial charge >= 0.3 is 0 Å². The minimum atomic E-state index is 0.112. The third-order valence-corrected chi connectivity index (χ3v) is 3.50. The average Bonchev–Trinajstić information content (AvgIpc) is 2.89. The molecule has 0 bridgehead atoms. The predicted molar refractivity (Wildman–Crippen MR) is 70.5 cm³/mol. The van der Waals surface area contributed by atoms with Crippen LogP contribution in [-0.4, -0.2) is 25.6 Å². The maximum atomic E-state index is 12.0. The lowest BCUT2D eigenvalue weighted by atomic mass is 10.0. The first-order valence-corrected chi connectivity index (χ1v) is 6.57. The van der Waals surface area contributed by atoms with E-state index in [2.05, 4.69) is 0 Å². The molecule has 1 heterocycles. The first-order valence-electron chi connectivity index (χ1n) is 6.19. The number of rotatable bonds is 5. The summed E-state index contributed by atoms with van der Waals surface area (Å²) >= 11 is 5.93. The van der Waals surface area contributed by atoms with E-state index in [0.29, 0.717) is 22.8 Å². The van der Waals surface area contributed by atoms with Gasteiger partial charge < -0.3 is 9.47 Å². The third-order valence-electron chi connectivity index (χ3n) is 3.19. The number of ether oxygens (including phenoxy) is 2. The quantitative estimate of drug-likeness (QED) is 0.767. The smallest absolute Gasteiger partial charge is 0.163 e. The summed E-state index contributed by atoms with van der Waals surface area (Å²) in [7, 11) is 1.54. The molecule has 1 aromatic carbocycles. The van der Waals surface area contributed by atoms with Crippen molar-refractivity contribution in [2.45, 2.75) is 31.8 Å². The second kappa shape index (κ2) is 6.21. The molecule has 0 aliphatic carbocycles. The Bertz CT molecular complexity index is 425. The molecule has 1 aliphatic heterocycles. The largest absolute Gasteiger partial charge is 0.495 e. The van der Waals surface area contributed by atoms with E-state index in [1.54, 1.807) is 25.3 Å². The van der Waals surface area contributed by atoms with E-state index in [1.165, 1.54) is 0 Å². The molecular formula is C14H17ClO3. The van der Waals surface area contributed by atoms with Crippen molar-refractivity contribution in [1.29, 1.82) is 0 Å². The highest BCUT2D eigenvalue weighted by molar-refractivity contribution is 6.32. The Morgan fingerprint density at radius 2 is 2.39 bits per heavy atom. The van der Waals surface area contributed by atoms with Crippen LogP contribution in [0.15, 0.2) is 18.2 Å². The van der Waals surface area contributed by atoms with Crippen LogP contribution in [0.3, 0.4) is 0 Å². The second-order valence-corrected chi connectivity index (χ2v) is 4.85. The molecule has 0 amide bonds. The summed E-state index contributed by atoms with van der Waals surface area (Å²) in [5.41, 5.74) is 0.647. The van der Waals surface area contributed by atoms with Crippen molar-refractivity contribution in [2.75, 3.05) is 13.7 Å². The van der Waals surface area contributed by atoms with Gasteiger partial charge in [-0.25, -0.2) is 0 Å². The fourth-order valence-electron chi connectivity index (χ4n) is 2.14. The van der Waals surface area contributed by atoms with Crippen molar-refractivity contribution >= 4 is 17.4 Å². The molecule has 1 aromatic rings. The van der Waals surface area contributed by atoms with Crippen molar-refractivity contribution in [3.8, 4) is 5.75 Å². The summed E-state index contributed by atoms with van der Waals surface area (Å²) in [6, 6.07) is 5.13. The minimum Gasteiger partial charge on any atom is -0.495 e. The van der Waals surface area contributed by atoms with E-state index >= 15 is 0 Å². The monoisotopic (exact) mass is 268 g/mol. The standard InChI is InChI=1S/C14H17ClO3/c1-17-14-9-10(4-6-12(14)15)13(16)7-5-11-3-2-8-18-11/h4,6,9,11H,2-3,5,7-8H2,1H3. The topological polar surface area (TPSA) is 35.5 Å². The van der Waals surface area contributed by atoms with Gasteiger partial charge in [0.05, 0.1) is 18.2 Å². The van der Waals surface area contributed by atoms with Gasteiger partial charge in [-0.15, -0.1) is 0 Å². The maximum Gasteiger partial charge on any atom is 0.163 e. The zero-order chi connectivity index (χ0) is 13.0. The van der Waals surface area contributed by atoms with Crippen LogP contribution in [0.5, 0.6) is 5.75 Å². The van der Waals surface area contributed by atoms with Crippen molar-refractivity contribution in [2.24, 2.45) is 0 Å². The first kappa shape index (κ1) is 13.4. The highest BCUT2D eigenvalue weighted by Crippen LogP contribution is 2.26. The van der Waals surface area contributed by atoms with Gasteiger partial charge in [-0.1, -0.05) is 11.6 Å². The summed E-state index contributed by atoms with van der Waals surface area (Å²) in [6.45, 7) is 0.827. The predicted octanol–water partition coefficient (Wildman–Crippen LogP) is 3.49. The summed E-state index contributed by atoms with van der Waals surface area (Å²) < 4.78 is 10.6. The number of ketones is 1.